The van der Waals surface area contributed by atoms with Gasteiger partial charge in [0.25, 0.3) is 0 Å². The summed E-state index contributed by atoms with van der Waals surface area (Å²) in [6, 6.07) is 7.54. The van der Waals surface area contributed by atoms with Crippen LogP contribution in [0.3, 0.4) is 0 Å². The number of nitrogens with zero attached hydrogens (tertiary/aromatic N) is 2. The number of amides is 1. The zero-order valence-corrected chi connectivity index (χ0v) is 15.2. The Hall–Kier alpha value is -2.54. The number of carbonyl (C=O) groups is 1. The number of benzene rings is 1. The molecule has 0 bridgehead atoms. The van der Waals surface area contributed by atoms with Gasteiger partial charge in [0.15, 0.2) is 17.3 Å². The second kappa shape index (κ2) is 9.08. The van der Waals surface area contributed by atoms with Crippen LogP contribution in [0.25, 0.3) is 0 Å². The SMILES string of the molecule is CCN(CCC(=O)Nc1cc(C)on1)Cc1ccc(OC)c(OC)c1. The molecular weight excluding hydrogens is 322 g/mol. The first-order chi connectivity index (χ1) is 12.0. The van der Waals surface area contributed by atoms with Crippen LogP contribution in [0.2, 0.25) is 0 Å². The first-order valence-electron chi connectivity index (χ1n) is 8.22. The normalized spacial score (nSPS) is 10.8. The predicted octanol–water partition coefficient (Wildman–Crippen LogP) is 2.85. The summed E-state index contributed by atoms with van der Waals surface area (Å²) in [7, 11) is 3.24. The summed E-state index contributed by atoms with van der Waals surface area (Å²) in [6.07, 6.45) is 0.382. The Labute approximate surface area is 147 Å². The molecule has 2 rings (SSSR count). The zero-order chi connectivity index (χ0) is 18.2. The van der Waals surface area contributed by atoms with Gasteiger partial charge in [0.2, 0.25) is 5.91 Å². The van der Waals surface area contributed by atoms with E-state index < -0.39 is 0 Å². The van der Waals surface area contributed by atoms with E-state index in [1.54, 1.807) is 27.2 Å². The molecule has 2 aromatic rings. The molecule has 1 amide bonds. The maximum absolute atomic E-state index is 12.0. The number of ether oxygens (including phenoxy) is 2. The lowest BCUT2D eigenvalue weighted by Gasteiger charge is -2.20. The maximum Gasteiger partial charge on any atom is 0.226 e. The highest BCUT2D eigenvalue weighted by Crippen LogP contribution is 2.28. The largest absolute Gasteiger partial charge is 0.493 e. The summed E-state index contributed by atoms with van der Waals surface area (Å²) in [6.45, 7) is 6.07. The van der Waals surface area contributed by atoms with E-state index in [-0.39, 0.29) is 5.91 Å². The van der Waals surface area contributed by atoms with E-state index in [2.05, 4.69) is 22.3 Å². The third-order valence-corrected chi connectivity index (χ3v) is 3.85. The van der Waals surface area contributed by atoms with E-state index in [4.69, 9.17) is 14.0 Å². The van der Waals surface area contributed by atoms with Crippen molar-refractivity contribution in [2.45, 2.75) is 26.8 Å². The fourth-order valence-corrected chi connectivity index (χ4v) is 2.48. The van der Waals surface area contributed by atoms with Gasteiger partial charge >= 0.3 is 0 Å². The molecule has 0 aliphatic heterocycles. The topological polar surface area (TPSA) is 76.8 Å². The lowest BCUT2D eigenvalue weighted by molar-refractivity contribution is -0.116. The van der Waals surface area contributed by atoms with Crippen molar-refractivity contribution in [2.75, 3.05) is 32.6 Å². The van der Waals surface area contributed by atoms with Gasteiger partial charge in [-0.1, -0.05) is 18.1 Å². The number of aromatic nitrogens is 1. The first kappa shape index (κ1) is 18.8. The second-order valence-corrected chi connectivity index (χ2v) is 5.68. The van der Waals surface area contributed by atoms with Crippen LogP contribution in [0.5, 0.6) is 11.5 Å². The van der Waals surface area contributed by atoms with Gasteiger partial charge in [0, 0.05) is 25.6 Å². The van der Waals surface area contributed by atoms with E-state index >= 15 is 0 Å². The van der Waals surface area contributed by atoms with E-state index in [0.29, 0.717) is 36.0 Å². The molecule has 7 heteroatoms. The Bertz CT molecular complexity index is 699. The first-order valence-corrected chi connectivity index (χ1v) is 8.22. The average molecular weight is 347 g/mol. The van der Waals surface area contributed by atoms with Crippen LogP contribution in [0, 0.1) is 6.92 Å². The van der Waals surface area contributed by atoms with Gasteiger partial charge in [-0.05, 0) is 31.2 Å². The van der Waals surface area contributed by atoms with Crippen LogP contribution < -0.4 is 14.8 Å². The highest BCUT2D eigenvalue weighted by molar-refractivity contribution is 5.89. The molecule has 7 nitrogen and oxygen atoms in total. The number of hydrogen-bond acceptors (Lipinski definition) is 6. The van der Waals surface area contributed by atoms with Crippen molar-refractivity contribution in [1.29, 1.82) is 0 Å². The summed E-state index contributed by atoms with van der Waals surface area (Å²) >= 11 is 0. The molecule has 1 aromatic carbocycles. The number of aryl methyl sites for hydroxylation is 1. The van der Waals surface area contributed by atoms with Gasteiger partial charge in [-0.25, -0.2) is 0 Å². The van der Waals surface area contributed by atoms with Crippen molar-refractivity contribution >= 4 is 11.7 Å². The molecule has 1 aromatic heterocycles. The van der Waals surface area contributed by atoms with Gasteiger partial charge in [0.1, 0.15) is 5.76 Å². The number of anilines is 1. The fourth-order valence-electron chi connectivity index (χ4n) is 2.48. The number of nitrogens with one attached hydrogen (secondary N) is 1. The molecule has 0 spiro atoms. The summed E-state index contributed by atoms with van der Waals surface area (Å²) < 4.78 is 15.5. The highest BCUT2D eigenvalue weighted by Gasteiger charge is 2.11. The van der Waals surface area contributed by atoms with E-state index in [1.807, 2.05) is 18.2 Å². The van der Waals surface area contributed by atoms with E-state index in [9.17, 15) is 4.79 Å². The van der Waals surface area contributed by atoms with Crippen molar-refractivity contribution in [2.24, 2.45) is 0 Å². The quantitative estimate of drug-likeness (QED) is 0.752. The van der Waals surface area contributed by atoms with Gasteiger partial charge in [-0.3, -0.25) is 9.69 Å². The summed E-state index contributed by atoms with van der Waals surface area (Å²) in [5, 5.41) is 6.49. The third kappa shape index (κ3) is 5.49. The smallest absolute Gasteiger partial charge is 0.226 e. The zero-order valence-electron chi connectivity index (χ0n) is 15.2. The monoisotopic (exact) mass is 347 g/mol. The number of hydrogen-bond donors (Lipinski definition) is 1. The van der Waals surface area contributed by atoms with E-state index in [1.165, 1.54) is 0 Å². The van der Waals surface area contributed by atoms with Crippen LogP contribution in [0.1, 0.15) is 24.7 Å². The Kier molecular flexibility index (Phi) is 6.82. The molecular formula is C18H25N3O4. The minimum Gasteiger partial charge on any atom is -0.493 e. The summed E-state index contributed by atoms with van der Waals surface area (Å²) in [5.41, 5.74) is 1.10. The summed E-state index contributed by atoms with van der Waals surface area (Å²) in [5.74, 6) is 2.44. The van der Waals surface area contributed by atoms with Crippen molar-refractivity contribution in [3.63, 3.8) is 0 Å². The van der Waals surface area contributed by atoms with Crippen molar-refractivity contribution in [3.8, 4) is 11.5 Å². The lowest BCUT2D eigenvalue weighted by Crippen LogP contribution is -2.27. The molecule has 0 aliphatic rings. The molecule has 0 unspecified atom stereocenters. The summed E-state index contributed by atoms with van der Waals surface area (Å²) in [4.78, 5) is 14.2. The standard InChI is InChI=1S/C18H25N3O4/c1-5-21(9-8-18(22)19-17-10-13(2)25-20-17)12-14-6-7-15(23-3)16(11-14)24-4/h6-7,10-11H,5,8-9,12H2,1-4H3,(H,19,20,22). The molecule has 25 heavy (non-hydrogen) atoms. The number of methoxy groups -OCH3 is 2. The third-order valence-electron chi connectivity index (χ3n) is 3.85. The number of rotatable bonds is 9. The van der Waals surface area contributed by atoms with Crippen LogP contribution >= 0.6 is 0 Å². The molecule has 1 N–H and O–H groups in total. The minimum absolute atomic E-state index is 0.0842. The average Bonchev–Trinajstić information content (AvgIpc) is 3.02. The Morgan fingerprint density at radius 1 is 1.24 bits per heavy atom. The van der Waals surface area contributed by atoms with Crippen LogP contribution in [0.4, 0.5) is 5.82 Å². The lowest BCUT2D eigenvalue weighted by atomic mass is 10.2. The van der Waals surface area contributed by atoms with Crippen molar-refractivity contribution in [1.82, 2.24) is 10.1 Å². The Morgan fingerprint density at radius 2 is 2.00 bits per heavy atom. The second-order valence-electron chi connectivity index (χ2n) is 5.68. The predicted molar refractivity (Wildman–Crippen MR) is 95.0 cm³/mol. The van der Waals surface area contributed by atoms with Crippen molar-refractivity contribution in [3.05, 3.63) is 35.6 Å². The van der Waals surface area contributed by atoms with Crippen LogP contribution in [-0.4, -0.2) is 43.3 Å². The molecule has 0 radical (unpaired) electrons. The van der Waals surface area contributed by atoms with Gasteiger partial charge < -0.3 is 19.3 Å². The van der Waals surface area contributed by atoms with Gasteiger partial charge in [0.05, 0.1) is 14.2 Å². The molecule has 1 heterocycles. The molecule has 0 atom stereocenters. The highest BCUT2D eigenvalue weighted by atomic mass is 16.5. The van der Waals surface area contributed by atoms with E-state index in [0.717, 1.165) is 18.7 Å². The Balaban J connectivity index is 1.88. The molecule has 0 fully saturated rings. The minimum atomic E-state index is -0.0842. The van der Waals surface area contributed by atoms with Crippen LogP contribution in [0.15, 0.2) is 28.8 Å². The number of carbonyl (C=O) groups excluding carboxylic acids is 1. The van der Waals surface area contributed by atoms with Gasteiger partial charge in [-0.2, -0.15) is 0 Å². The fraction of sp³-hybridized carbons (Fsp3) is 0.444. The van der Waals surface area contributed by atoms with Gasteiger partial charge in [-0.15, -0.1) is 0 Å². The molecule has 0 saturated heterocycles. The van der Waals surface area contributed by atoms with Crippen molar-refractivity contribution < 1.29 is 18.8 Å². The maximum atomic E-state index is 12.0. The molecule has 136 valence electrons. The molecule has 0 aliphatic carbocycles. The Morgan fingerprint density at radius 3 is 2.60 bits per heavy atom. The molecule has 0 saturated carbocycles. The van der Waals surface area contributed by atoms with Crippen LogP contribution in [-0.2, 0) is 11.3 Å².